The smallest absolute Gasteiger partial charge is 0.0900 e. The Morgan fingerprint density at radius 2 is 2.00 bits per heavy atom. The number of aryl methyl sites for hydroxylation is 1. The third-order valence-electron chi connectivity index (χ3n) is 2.06. The monoisotopic (exact) mass is 189 g/mol. The van der Waals surface area contributed by atoms with E-state index in [0.29, 0.717) is 5.69 Å². The van der Waals surface area contributed by atoms with Gasteiger partial charge >= 0.3 is 0 Å². The van der Waals surface area contributed by atoms with E-state index in [2.05, 4.69) is 10.3 Å². The molecule has 0 saturated carbocycles. The Morgan fingerprint density at radius 1 is 1.29 bits per heavy atom. The van der Waals surface area contributed by atoms with Crippen LogP contribution in [0.25, 0.3) is 5.69 Å². The highest BCUT2D eigenvalue weighted by Gasteiger charge is 2.03. The van der Waals surface area contributed by atoms with Crippen molar-refractivity contribution in [1.82, 2.24) is 15.0 Å². The molecule has 1 aromatic heterocycles. The topological polar surface area (TPSA) is 50.9 Å². The molecule has 4 heteroatoms. The van der Waals surface area contributed by atoms with E-state index in [1.54, 1.807) is 10.9 Å². The summed E-state index contributed by atoms with van der Waals surface area (Å²) < 4.78 is 1.62. The maximum atomic E-state index is 9.02. The lowest BCUT2D eigenvalue weighted by molar-refractivity contribution is 0.273. The van der Waals surface area contributed by atoms with Gasteiger partial charge < -0.3 is 5.11 Å². The highest BCUT2D eigenvalue weighted by atomic mass is 16.3. The molecule has 0 amide bonds. The minimum atomic E-state index is -0.0547. The lowest BCUT2D eigenvalue weighted by Gasteiger charge is -2.03. The van der Waals surface area contributed by atoms with Crippen molar-refractivity contribution >= 4 is 0 Å². The summed E-state index contributed by atoms with van der Waals surface area (Å²) in [5.41, 5.74) is 2.80. The number of rotatable bonds is 2. The molecule has 72 valence electrons. The maximum absolute atomic E-state index is 9.02. The van der Waals surface area contributed by atoms with Gasteiger partial charge in [0.25, 0.3) is 0 Å². The van der Waals surface area contributed by atoms with Crippen LogP contribution in [-0.4, -0.2) is 20.1 Å². The highest BCUT2D eigenvalue weighted by Crippen LogP contribution is 2.10. The standard InChI is InChI=1S/C10H11N3O/c1-8-2-4-9(5-3-8)13-10(7-14)6-11-12-13/h2-6,14H,7H2,1H3. The van der Waals surface area contributed by atoms with E-state index in [0.717, 1.165) is 5.69 Å². The summed E-state index contributed by atoms with van der Waals surface area (Å²) in [6.07, 6.45) is 1.56. The van der Waals surface area contributed by atoms with E-state index >= 15 is 0 Å². The molecule has 0 aliphatic carbocycles. The van der Waals surface area contributed by atoms with E-state index in [1.165, 1.54) is 5.56 Å². The number of aliphatic hydroxyl groups is 1. The first-order valence-electron chi connectivity index (χ1n) is 4.39. The Kier molecular flexibility index (Phi) is 2.28. The van der Waals surface area contributed by atoms with E-state index in [9.17, 15) is 0 Å². The quantitative estimate of drug-likeness (QED) is 0.768. The number of hydrogen-bond donors (Lipinski definition) is 1. The molecule has 0 radical (unpaired) electrons. The van der Waals surface area contributed by atoms with Gasteiger partial charge in [0, 0.05) is 0 Å². The lowest BCUT2D eigenvalue weighted by atomic mass is 10.2. The molecule has 0 aliphatic rings. The molecule has 0 bridgehead atoms. The summed E-state index contributed by atoms with van der Waals surface area (Å²) in [7, 11) is 0. The molecule has 2 aromatic rings. The zero-order chi connectivity index (χ0) is 9.97. The maximum Gasteiger partial charge on any atom is 0.0900 e. The number of aliphatic hydroxyl groups excluding tert-OH is 1. The van der Waals surface area contributed by atoms with Gasteiger partial charge in [-0.2, -0.15) is 0 Å². The third kappa shape index (κ3) is 1.52. The first kappa shape index (κ1) is 8.90. The minimum absolute atomic E-state index is 0.0547. The Bertz CT molecular complexity index is 419. The Labute approximate surface area is 81.8 Å². The normalized spacial score (nSPS) is 10.4. The Balaban J connectivity index is 2.44. The van der Waals surface area contributed by atoms with E-state index in [-0.39, 0.29) is 6.61 Å². The minimum Gasteiger partial charge on any atom is -0.390 e. The molecule has 4 nitrogen and oxygen atoms in total. The number of nitrogens with zero attached hydrogens (tertiary/aromatic N) is 3. The van der Waals surface area contributed by atoms with Crippen LogP contribution in [0.4, 0.5) is 0 Å². The van der Waals surface area contributed by atoms with Crippen LogP contribution >= 0.6 is 0 Å². The van der Waals surface area contributed by atoms with Crippen molar-refractivity contribution in [3.8, 4) is 5.69 Å². The molecule has 0 aliphatic heterocycles. The number of aromatic nitrogens is 3. The average Bonchev–Trinajstić information content (AvgIpc) is 2.67. The predicted octanol–water partition coefficient (Wildman–Crippen LogP) is 1.07. The van der Waals surface area contributed by atoms with Crippen molar-refractivity contribution in [2.45, 2.75) is 13.5 Å². The lowest BCUT2D eigenvalue weighted by Crippen LogP contribution is -2.01. The van der Waals surface area contributed by atoms with Crippen LogP contribution in [0.3, 0.4) is 0 Å². The second-order valence-electron chi connectivity index (χ2n) is 3.13. The summed E-state index contributed by atoms with van der Waals surface area (Å²) in [5, 5.41) is 16.7. The summed E-state index contributed by atoms with van der Waals surface area (Å²) in [5.74, 6) is 0. The Morgan fingerprint density at radius 3 is 2.64 bits per heavy atom. The number of hydrogen-bond acceptors (Lipinski definition) is 3. The summed E-state index contributed by atoms with van der Waals surface area (Å²) in [6.45, 7) is 1.97. The van der Waals surface area contributed by atoms with Gasteiger partial charge in [-0.1, -0.05) is 22.9 Å². The van der Waals surface area contributed by atoms with Crippen LogP contribution in [0.5, 0.6) is 0 Å². The highest BCUT2D eigenvalue weighted by molar-refractivity contribution is 5.34. The van der Waals surface area contributed by atoms with Gasteiger partial charge in [0.15, 0.2) is 0 Å². The van der Waals surface area contributed by atoms with Gasteiger partial charge in [-0.15, -0.1) is 5.10 Å². The zero-order valence-electron chi connectivity index (χ0n) is 7.88. The van der Waals surface area contributed by atoms with E-state index in [4.69, 9.17) is 5.11 Å². The van der Waals surface area contributed by atoms with Gasteiger partial charge in [0.2, 0.25) is 0 Å². The Hall–Kier alpha value is -1.68. The summed E-state index contributed by atoms with van der Waals surface area (Å²) in [4.78, 5) is 0. The van der Waals surface area contributed by atoms with Crippen molar-refractivity contribution in [1.29, 1.82) is 0 Å². The van der Waals surface area contributed by atoms with Crippen molar-refractivity contribution in [2.75, 3.05) is 0 Å². The molecule has 1 N–H and O–H groups in total. The molecule has 0 atom stereocenters. The van der Waals surface area contributed by atoms with Gasteiger partial charge in [-0.05, 0) is 19.1 Å². The average molecular weight is 189 g/mol. The van der Waals surface area contributed by atoms with Crippen LogP contribution < -0.4 is 0 Å². The molecule has 1 aromatic carbocycles. The molecule has 0 saturated heterocycles. The molecular formula is C10H11N3O. The number of benzene rings is 1. The van der Waals surface area contributed by atoms with E-state index < -0.39 is 0 Å². The van der Waals surface area contributed by atoms with Gasteiger partial charge in [-0.3, -0.25) is 0 Å². The summed E-state index contributed by atoms with van der Waals surface area (Å²) >= 11 is 0. The second kappa shape index (κ2) is 3.59. The molecule has 1 heterocycles. The fourth-order valence-corrected chi connectivity index (χ4v) is 1.27. The molecule has 0 fully saturated rings. The molecule has 14 heavy (non-hydrogen) atoms. The summed E-state index contributed by atoms with van der Waals surface area (Å²) in [6, 6.07) is 7.89. The second-order valence-corrected chi connectivity index (χ2v) is 3.13. The SMILES string of the molecule is Cc1ccc(-n2nncc2CO)cc1. The van der Waals surface area contributed by atoms with Gasteiger partial charge in [0.1, 0.15) is 0 Å². The largest absolute Gasteiger partial charge is 0.390 e. The molecule has 0 unspecified atom stereocenters. The van der Waals surface area contributed by atoms with Crippen molar-refractivity contribution in [2.24, 2.45) is 0 Å². The first-order valence-corrected chi connectivity index (χ1v) is 4.39. The fourth-order valence-electron chi connectivity index (χ4n) is 1.27. The molecule has 2 rings (SSSR count). The van der Waals surface area contributed by atoms with Crippen molar-refractivity contribution < 1.29 is 5.11 Å². The van der Waals surface area contributed by atoms with Gasteiger partial charge in [-0.25, -0.2) is 4.68 Å². The van der Waals surface area contributed by atoms with Crippen LogP contribution in [0.2, 0.25) is 0 Å². The third-order valence-corrected chi connectivity index (χ3v) is 2.06. The predicted molar refractivity (Wildman–Crippen MR) is 52.0 cm³/mol. The van der Waals surface area contributed by atoms with Crippen LogP contribution in [0.1, 0.15) is 11.3 Å². The van der Waals surface area contributed by atoms with Crippen molar-refractivity contribution in [3.05, 3.63) is 41.7 Å². The first-order chi connectivity index (χ1) is 6.81. The van der Waals surface area contributed by atoms with Crippen LogP contribution in [0, 0.1) is 6.92 Å². The molecular weight excluding hydrogens is 178 g/mol. The van der Waals surface area contributed by atoms with E-state index in [1.807, 2.05) is 31.2 Å². The zero-order valence-corrected chi connectivity index (χ0v) is 7.88. The van der Waals surface area contributed by atoms with Crippen LogP contribution in [0.15, 0.2) is 30.5 Å². The van der Waals surface area contributed by atoms with Crippen molar-refractivity contribution in [3.63, 3.8) is 0 Å². The molecule has 0 spiro atoms. The fraction of sp³-hybridized carbons (Fsp3) is 0.200. The van der Waals surface area contributed by atoms with Gasteiger partial charge in [0.05, 0.1) is 24.2 Å². The van der Waals surface area contributed by atoms with Crippen LogP contribution in [-0.2, 0) is 6.61 Å².